The zero-order valence-electron chi connectivity index (χ0n) is 12.1. The standard InChI is InChI=1S/C16H19N3O2/c1-11(20)18-15(13-4-2-3-5-13)16(21)19-14-8-6-12(10-17)7-9-14/h6-9,13,15H,2-5H2,1H3,(H,18,20)(H,19,21)/t15-/m1/s1. The molecule has 2 N–H and O–H groups in total. The predicted molar refractivity (Wildman–Crippen MR) is 79.3 cm³/mol. The molecule has 1 aromatic rings. The minimum absolute atomic E-state index is 0.193. The van der Waals surface area contributed by atoms with Gasteiger partial charge in [0, 0.05) is 12.6 Å². The van der Waals surface area contributed by atoms with Gasteiger partial charge in [0.25, 0.3) is 0 Å². The highest BCUT2D eigenvalue weighted by molar-refractivity contribution is 5.97. The van der Waals surface area contributed by atoms with Gasteiger partial charge in [-0.05, 0) is 43.0 Å². The van der Waals surface area contributed by atoms with Crippen molar-refractivity contribution in [3.63, 3.8) is 0 Å². The highest BCUT2D eigenvalue weighted by Crippen LogP contribution is 2.28. The Bertz CT molecular complexity index is 554. The van der Waals surface area contributed by atoms with Gasteiger partial charge in [-0.25, -0.2) is 0 Å². The van der Waals surface area contributed by atoms with E-state index < -0.39 is 6.04 Å². The van der Waals surface area contributed by atoms with Gasteiger partial charge in [0.15, 0.2) is 0 Å². The van der Waals surface area contributed by atoms with Gasteiger partial charge in [-0.2, -0.15) is 5.26 Å². The largest absolute Gasteiger partial charge is 0.344 e. The summed E-state index contributed by atoms with van der Waals surface area (Å²) in [4.78, 5) is 23.7. The van der Waals surface area contributed by atoms with Crippen molar-refractivity contribution < 1.29 is 9.59 Å². The lowest BCUT2D eigenvalue weighted by Gasteiger charge is -2.23. The Hall–Kier alpha value is -2.35. The second-order valence-electron chi connectivity index (χ2n) is 5.40. The van der Waals surface area contributed by atoms with Crippen LogP contribution in [-0.2, 0) is 9.59 Å². The van der Waals surface area contributed by atoms with Gasteiger partial charge in [0.1, 0.15) is 6.04 Å². The van der Waals surface area contributed by atoms with E-state index in [1.165, 1.54) is 6.92 Å². The first-order valence-electron chi connectivity index (χ1n) is 7.18. The van der Waals surface area contributed by atoms with Crippen LogP contribution in [0.2, 0.25) is 0 Å². The Labute approximate surface area is 124 Å². The molecule has 5 heteroatoms. The topological polar surface area (TPSA) is 82.0 Å². The molecule has 110 valence electrons. The van der Waals surface area contributed by atoms with E-state index in [-0.39, 0.29) is 17.7 Å². The molecule has 5 nitrogen and oxygen atoms in total. The average molecular weight is 285 g/mol. The van der Waals surface area contributed by atoms with Crippen molar-refractivity contribution in [3.05, 3.63) is 29.8 Å². The number of nitriles is 1. The summed E-state index contributed by atoms with van der Waals surface area (Å²) >= 11 is 0. The maximum Gasteiger partial charge on any atom is 0.247 e. The van der Waals surface area contributed by atoms with Crippen LogP contribution in [0.1, 0.15) is 38.2 Å². The van der Waals surface area contributed by atoms with E-state index in [4.69, 9.17) is 5.26 Å². The Morgan fingerprint density at radius 3 is 2.38 bits per heavy atom. The van der Waals surface area contributed by atoms with Crippen LogP contribution in [0, 0.1) is 17.2 Å². The van der Waals surface area contributed by atoms with Crippen molar-refractivity contribution in [1.29, 1.82) is 5.26 Å². The molecule has 1 aliphatic rings. The van der Waals surface area contributed by atoms with Crippen LogP contribution in [0.15, 0.2) is 24.3 Å². The van der Waals surface area contributed by atoms with Crippen molar-refractivity contribution in [2.24, 2.45) is 5.92 Å². The summed E-state index contributed by atoms with van der Waals surface area (Å²) in [5, 5.41) is 14.3. The molecule has 0 saturated heterocycles. The minimum atomic E-state index is -0.486. The second kappa shape index (κ2) is 6.89. The Kier molecular flexibility index (Phi) is 4.94. The Morgan fingerprint density at radius 1 is 1.24 bits per heavy atom. The van der Waals surface area contributed by atoms with Crippen LogP contribution < -0.4 is 10.6 Å². The van der Waals surface area contributed by atoms with Gasteiger partial charge in [0.05, 0.1) is 11.6 Å². The van der Waals surface area contributed by atoms with Crippen molar-refractivity contribution >= 4 is 17.5 Å². The van der Waals surface area contributed by atoms with Crippen LogP contribution in [-0.4, -0.2) is 17.9 Å². The molecule has 21 heavy (non-hydrogen) atoms. The summed E-state index contributed by atoms with van der Waals surface area (Å²) in [6.45, 7) is 1.43. The smallest absolute Gasteiger partial charge is 0.247 e. The Morgan fingerprint density at radius 2 is 1.86 bits per heavy atom. The van der Waals surface area contributed by atoms with E-state index in [0.717, 1.165) is 25.7 Å². The molecule has 1 aliphatic carbocycles. The van der Waals surface area contributed by atoms with Crippen LogP contribution in [0.3, 0.4) is 0 Å². The van der Waals surface area contributed by atoms with E-state index in [0.29, 0.717) is 11.3 Å². The monoisotopic (exact) mass is 285 g/mol. The van der Waals surface area contributed by atoms with Gasteiger partial charge < -0.3 is 10.6 Å². The average Bonchev–Trinajstić information content (AvgIpc) is 2.99. The number of benzene rings is 1. The zero-order chi connectivity index (χ0) is 15.2. The number of nitrogens with one attached hydrogen (secondary N) is 2. The zero-order valence-corrected chi connectivity index (χ0v) is 12.1. The molecule has 0 radical (unpaired) electrons. The first-order valence-corrected chi connectivity index (χ1v) is 7.18. The molecule has 1 saturated carbocycles. The molecular formula is C16H19N3O2. The number of nitrogens with zero attached hydrogens (tertiary/aromatic N) is 1. The summed E-state index contributed by atoms with van der Waals surface area (Å²) in [5.41, 5.74) is 1.18. The lowest BCUT2D eigenvalue weighted by Crippen LogP contribution is -2.47. The normalized spacial score (nSPS) is 16.0. The predicted octanol–water partition coefficient (Wildman–Crippen LogP) is 2.19. The highest BCUT2D eigenvalue weighted by atomic mass is 16.2. The van der Waals surface area contributed by atoms with Gasteiger partial charge in [-0.1, -0.05) is 12.8 Å². The summed E-state index contributed by atoms with van der Waals surface area (Å²) in [6, 6.07) is 8.23. The van der Waals surface area contributed by atoms with Crippen molar-refractivity contribution in [1.82, 2.24) is 5.32 Å². The van der Waals surface area contributed by atoms with Crippen molar-refractivity contribution in [3.8, 4) is 6.07 Å². The number of hydrogen-bond donors (Lipinski definition) is 2. The first kappa shape index (κ1) is 15.0. The molecule has 0 heterocycles. The highest BCUT2D eigenvalue weighted by Gasteiger charge is 2.31. The molecule has 1 fully saturated rings. The molecule has 0 spiro atoms. The summed E-state index contributed by atoms with van der Waals surface area (Å²) in [5.74, 6) is -0.184. The van der Waals surface area contributed by atoms with Crippen molar-refractivity contribution in [2.45, 2.75) is 38.6 Å². The maximum absolute atomic E-state index is 12.4. The molecule has 0 bridgehead atoms. The number of rotatable bonds is 4. The third kappa shape index (κ3) is 4.06. The molecule has 0 aromatic heterocycles. The number of amides is 2. The molecule has 0 unspecified atom stereocenters. The van der Waals surface area contributed by atoms with Crippen LogP contribution >= 0.6 is 0 Å². The number of carbonyl (C=O) groups is 2. The summed E-state index contributed by atoms with van der Waals surface area (Å²) in [7, 11) is 0. The molecule has 1 atom stereocenters. The number of carbonyl (C=O) groups excluding carboxylic acids is 2. The molecule has 0 aliphatic heterocycles. The van der Waals surface area contributed by atoms with E-state index in [1.807, 2.05) is 6.07 Å². The first-order chi connectivity index (χ1) is 10.1. The minimum Gasteiger partial charge on any atom is -0.344 e. The molecular weight excluding hydrogens is 266 g/mol. The lowest BCUT2D eigenvalue weighted by atomic mass is 9.97. The SMILES string of the molecule is CC(=O)N[C@@H](C(=O)Nc1ccc(C#N)cc1)C1CCCC1. The fraction of sp³-hybridized carbons (Fsp3) is 0.438. The van der Waals surface area contributed by atoms with Gasteiger partial charge >= 0.3 is 0 Å². The summed E-state index contributed by atoms with van der Waals surface area (Å²) < 4.78 is 0. The second-order valence-corrected chi connectivity index (χ2v) is 5.40. The third-order valence-corrected chi connectivity index (χ3v) is 3.79. The van der Waals surface area contributed by atoms with E-state index in [9.17, 15) is 9.59 Å². The fourth-order valence-corrected chi connectivity index (χ4v) is 2.76. The van der Waals surface area contributed by atoms with Crippen LogP contribution in [0.5, 0.6) is 0 Å². The number of anilines is 1. The van der Waals surface area contributed by atoms with Crippen molar-refractivity contribution in [2.75, 3.05) is 5.32 Å². The molecule has 2 rings (SSSR count). The quantitative estimate of drug-likeness (QED) is 0.889. The van der Waals surface area contributed by atoms with Crippen LogP contribution in [0.25, 0.3) is 0 Å². The van der Waals surface area contributed by atoms with E-state index >= 15 is 0 Å². The number of hydrogen-bond acceptors (Lipinski definition) is 3. The maximum atomic E-state index is 12.4. The van der Waals surface area contributed by atoms with Gasteiger partial charge in [0.2, 0.25) is 11.8 Å². The third-order valence-electron chi connectivity index (χ3n) is 3.79. The van der Waals surface area contributed by atoms with Crippen LogP contribution in [0.4, 0.5) is 5.69 Å². The van der Waals surface area contributed by atoms with Gasteiger partial charge in [-0.3, -0.25) is 9.59 Å². The van der Waals surface area contributed by atoms with E-state index in [2.05, 4.69) is 10.6 Å². The molecule has 1 aromatic carbocycles. The fourth-order valence-electron chi connectivity index (χ4n) is 2.76. The van der Waals surface area contributed by atoms with Gasteiger partial charge in [-0.15, -0.1) is 0 Å². The Balaban J connectivity index is 2.06. The molecule has 2 amide bonds. The summed E-state index contributed by atoms with van der Waals surface area (Å²) in [6.07, 6.45) is 4.13. The lowest BCUT2D eigenvalue weighted by molar-refractivity contribution is -0.126. The van der Waals surface area contributed by atoms with E-state index in [1.54, 1.807) is 24.3 Å².